The van der Waals surface area contributed by atoms with E-state index in [1.54, 1.807) is 38.5 Å². The first-order valence-electron chi connectivity index (χ1n) is 23.8. The van der Waals surface area contributed by atoms with Crippen molar-refractivity contribution in [2.24, 2.45) is 14.1 Å². The lowest BCUT2D eigenvalue weighted by molar-refractivity contribution is -0.112. The summed E-state index contributed by atoms with van der Waals surface area (Å²) in [5, 5.41) is 10.1. The molecule has 8 rings (SSSR count). The maximum atomic E-state index is 14.0. The van der Waals surface area contributed by atoms with Crippen molar-refractivity contribution in [1.82, 2.24) is 48.8 Å². The smallest absolute Gasteiger partial charge is 0.247 e. The van der Waals surface area contributed by atoms with E-state index < -0.39 is 5.24 Å². The van der Waals surface area contributed by atoms with Crippen LogP contribution in [0.1, 0.15) is 14.9 Å². The zero-order valence-corrected chi connectivity index (χ0v) is 45.4. The predicted octanol–water partition coefficient (Wildman–Crippen LogP) is 9.76. The average Bonchev–Trinajstić information content (AvgIpc) is 4.01. The van der Waals surface area contributed by atoms with Gasteiger partial charge in [0.15, 0.2) is 11.6 Å². The minimum Gasteiger partial charge on any atom is -0.494 e. The Morgan fingerprint density at radius 3 is 1.49 bits per heavy atom. The topological polar surface area (TPSA) is 215 Å². The summed E-state index contributed by atoms with van der Waals surface area (Å²) >= 11 is 4.71. The molecule has 23 heteroatoms. The van der Waals surface area contributed by atoms with E-state index in [0.29, 0.717) is 68.4 Å². The first-order valence-corrected chi connectivity index (χ1v) is 24.2. The van der Waals surface area contributed by atoms with E-state index in [2.05, 4.69) is 73.7 Å². The largest absolute Gasteiger partial charge is 0.494 e. The summed E-state index contributed by atoms with van der Waals surface area (Å²) in [6, 6.07) is 16.6. The van der Waals surface area contributed by atoms with Crippen LogP contribution in [0.2, 0.25) is 0 Å². The van der Waals surface area contributed by atoms with E-state index >= 15 is 0 Å². The normalized spacial score (nSPS) is 10.6. The molecule has 0 aliphatic heterocycles. The van der Waals surface area contributed by atoms with Crippen LogP contribution in [0.5, 0.6) is 11.5 Å². The molecule has 4 heterocycles. The second-order valence-corrected chi connectivity index (χ2v) is 18.4. The minimum atomic E-state index is -0.509. The van der Waals surface area contributed by atoms with Crippen molar-refractivity contribution in [3.05, 3.63) is 123 Å². The number of methoxy groups -OCH3 is 2. The van der Waals surface area contributed by atoms with Crippen LogP contribution in [0, 0.1) is 11.6 Å². The number of ether oxygens (including phenoxy) is 2. The number of rotatable bonds is 19. The van der Waals surface area contributed by atoms with E-state index in [1.165, 1.54) is 43.0 Å². The van der Waals surface area contributed by atoms with Crippen LogP contribution in [0.25, 0.3) is 44.6 Å². The number of anilines is 8. The van der Waals surface area contributed by atoms with Gasteiger partial charge in [0.25, 0.3) is 0 Å². The third-order valence-corrected chi connectivity index (χ3v) is 12.0. The van der Waals surface area contributed by atoms with Crippen LogP contribution in [0.3, 0.4) is 0 Å². The Labute approximate surface area is 465 Å². The van der Waals surface area contributed by atoms with E-state index in [4.69, 9.17) is 26.8 Å². The SMILES string of the molecule is C.C.C=CC(=O)Cl.C=CC(=O)Nc1cc(Nc2ncnc(-c3cn(C)c4ccc(F)cc34)n2)c(OC)cc1N(C)CCN(C)C.COc1cc(N(C)CCN(C)C)c(N)cc1Nc1ncnc(-c2cn(C)c3ccc(F)cc23)n1. The summed E-state index contributed by atoms with van der Waals surface area (Å²) in [7, 11) is 18.9. The summed E-state index contributed by atoms with van der Waals surface area (Å²) < 4.78 is 43.0. The molecule has 0 atom stereocenters. The van der Waals surface area contributed by atoms with Gasteiger partial charge in [0.1, 0.15) is 35.8 Å². The molecule has 0 aliphatic rings. The van der Waals surface area contributed by atoms with Gasteiger partial charge in [-0.2, -0.15) is 9.97 Å². The van der Waals surface area contributed by atoms with Crippen molar-refractivity contribution in [1.29, 1.82) is 0 Å². The third-order valence-electron chi connectivity index (χ3n) is 11.9. The molecule has 8 aromatic rings. The zero-order chi connectivity index (χ0) is 56.1. The first kappa shape index (κ1) is 62.8. The molecule has 5 N–H and O–H groups in total. The highest BCUT2D eigenvalue weighted by molar-refractivity contribution is 6.66. The van der Waals surface area contributed by atoms with E-state index in [0.717, 1.165) is 60.0 Å². The summed E-state index contributed by atoms with van der Waals surface area (Å²) in [5.41, 5.74) is 13.5. The lowest BCUT2D eigenvalue weighted by Crippen LogP contribution is -2.29. The highest BCUT2D eigenvalue weighted by Gasteiger charge is 2.20. The van der Waals surface area contributed by atoms with Crippen molar-refractivity contribution >= 4 is 90.6 Å². The number of halogens is 3. The summed E-state index contributed by atoms with van der Waals surface area (Å²) in [4.78, 5) is 56.3. The maximum absolute atomic E-state index is 14.0. The highest BCUT2D eigenvalue weighted by atomic mass is 35.5. The Hall–Kier alpha value is -8.73. The van der Waals surface area contributed by atoms with Gasteiger partial charge in [-0.05, 0) is 100 Å². The number of allylic oxidation sites excluding steroid dienone is 1. The Balaban J connectivity index is 0.000000308. The van der Waals surface area contributed by atoms with Gasteiger partial charge in [-0.3, -0.25) is 9.59 Å². The fourth-order valence-corrected chi connectivity index (χ4v) is 7.86. The molecule has 20 nitrogen and oxygen atoms in total. The molecule has 0 fully saturated rings. The van der Waals surface area contributed by atoms with E-state index in [-0.39, 0.29) is 38.3 Å². The molecular weight excluding hydrogens is 1030 g/mol. The van der Waals surface area contributed by atoms with Gasteiger partial charge in [-0.15, -0.1) is 0 Å². The molecule has 0 radical (unpaired) electrons. The predicted molar refractivity (Wildman–Crippen MR) is 317 cm³/mol. The second kappa shape index (κ2) is 28.6. The minimum absolute atomic E-state index is 0. The van der Waals surface area contributed by atoms with Crippen molar-refractivity contribution in [3.8, 4) is 34.3 Å². The molecule has 4 aromatic heterocycles. The number of aryl methyl sites for hydroxylation is 2. The molecule has 1 amide bonds. The van der Waals surface area contributed by atoms with E-state index in [1.807, 2.05) is 94.9 Å². The average molecular weight is 1110 g/mol. The lowest BCUT2D eigenvalue weighted by Gasteiger charge is -2.25. The fraction of sp³-hybridized carbons (Fsp3) is 0.286. The second-order valence-electron chi connectivity index (χ2n) is 18.0. The standard InChI is InChI=1S/C27H31FN8O2.C24H29FN8O.C3H3ClO.2CH4/c1-7-25(37)31-20-13-21(24(38-6)14-23(20)35(4)11-10-34(2)3)32-27-30-16-29-26(33-27)19-15-36(5)22-9-8-17(28)12-18(19)22;1-31(2)8-9-32(3)21-12-22(34-5)19(11-18(21)26)29-24-28-14-27-23(30-24)17-13-33(4)20-7-6-15(25)10-16(17)20;1-2-3(4)5;;/h7-9,12-16H,1,10-11H2,2-6H3,(H,31,37)(H,29,30,32,33);6-7,10-14H,8-9,26H2,1-5H3,(H,27,28,29,30);2H,1H2;2*1H4. The van der Waals surface area contributed by atoms with Crippen LogP contribution in [0.15, 0.2) is 111 Å². The van der Waals surface area contributed by atoms with Gasteiger partial charge in [-0.1, -0.05) is 28.0 Å². The summed E-state index contributed by atoms with van der Waals surface area (Å²) in [5.74, 6) is 1.54. The number of nitrogens with zero attached hydrogens (tertiary/aromatic N) is 12. The fourth-order valence-electron chi connectivity index (χ4n) is 7.86. The summed E-state index contributed by atoms with van der Waals surface area (Å²) in [6.07, 6.45) is 8.79. The van der Waals surface area contributed by atoms with E-state index in [9.17, 15) is 18.4 Å². The van der Waals surface area contributed by atoms with Crippen molar-refractivity contribution < 1.29 is 27.8 Å². The molecule has 0 spiro atoms. The number of amides is 1. The number of nitrogens with two attached hydrogens (primary N) is 1. The zero-order valence-electron chi connectivity index (χ0n) is 44.7. The molecule has 0 saturated heterocycles. The van der Waals surface area contributed by atoms with Gasteiger partial charge in [0.05, 0.1) is 48.3 Å². The van der Waals surface area contributed by atoms with Crippen LogP contribution in [-0.2, 0) is 23.7 Å². The molecule has 420 valence electrons. The molecule has 0 bridgehead atoms. The van der Waals surface area contributed by atoms with Gasteiger partial charge < -0.3 is 59.9 Å². The van der Waals surface area contributed by atoms with Gasteiger partial charge >= 0.3 is 0 Å². The highest BCUT2D eigenvalue weighted by Crippen LogP contribution is 2.39. The number of benzene rings is 4. The first-order chi connectivity index (χ1) is 36.7. The number of carbonyl (C=O) groups excluding carboxylic acids is 2. The molecule has 0 saturated carbocycles. The molecule has 4 aromatic carbocycles. The van der Waals surface area contributed by atoms with Crippen molar-refractivity contribution in [2.75, 3.05) is 114 Å². The molecular formula is C56H71ClF2N16O4. The Morgan fingerprint density at radius 1 is 0.646 bits per heavy atom. The molecule has 0 unspecified atom stereocenters. The Kier molecular flexibility index (Phi) is 22.7. The number of hydrogen-bond acceptors (Lipinski definition) is 17. The Morgan fingerprint density at radius 2 is 1.08 bits per heavy atom. The van der Waals surface area contributed by atoms with Crippen LogP contribution in [0.4, 0.5) is 54.8 Å². The van der Waals surface area contributed by atoms with Crippen LogP contribution < -0.4 is 41.0 Å². The maximum Gasteiger partial charge on any atom is 0.247 e. The monoisotopic (exact) mass is 1100 g/mol. The van der Waals surface area contributed by atoms with Crippen LogP contribution >= 0.6 is 11.6 Å². The number of carbonyl (C=O) groups is 2. The van der Waals surface area contributed by atoms with Gasteiger partial charge in [0.2, 0.25) is 23.0 Å². The molecule has 79 heavy (non-hydrogen) atoms. The van der Waals surface area contributed by atoms with Crippen molar-refractivity contribution in [3.63, 3.8) is 0 Å². The van der Waals surface area contributed by atoms with Gasteiger partial charge in [-0.25, -0.2) is 28.7 Å². The number of nitrogen functional groups attached to an aromatic ring is 1. The number of hydrogen-bond donors (Lipinski definition) is 4. The van der Waals surface area contributed by atoms with Gasteiger partial charge in [0, 0.05) is 112 Å². The Bertz CT molecular complexity index is 3400. The van der Waals surface area contributed by atoms with Crippen LogP contribution in [-0.4, -0.2) is 143 Å². The molecule has 0 aliphatic carbocycles. The summed E-state index contributed by atoms with van der Waals surface area (Å²) in [6.45, 7) is 9.89. The van der Waals surface area contributed by atoms with Crippen molar-refractivity contribution in [2.45, 2.75) is 14.9 Å². The quantitative estimate of drug-likeness (QED) is 0.0337. The lowest BCUT2D eigenvalue weighted by atomic mass is 10.1. The third kappa shape index (κ3) is 16.2. The number of fused-ring (bicyclic) bond motifs is 2. The number of likely N-dealkylation sites (N-methyl/N-ethyl adjacent to an activating group) is 4. The number of nitrogens with one attached hydrogen (secondary N) is 3. The number of aromatic nitrogens is 8.